The largest absolute Gasteiger partial charge is 0.496 e. The molecule has 0 aromatic heterocycles. The first-order chi connectivity index (χ1) is 18.0. The SMILES string of the molecule is COc1cc(OC)c(C=CS(=O)(=O)Cc2cc(S(=O)(=O)O)c(-c3ccccc3OC)cc2OC)c(OC)c1. The molecule has 0 bridgehead atoms. The highest BCUT2D eigenvalue weighted by Gasteiger charge is 2.24. The van der Waals surface area contributed by atoms with E-state index in [4.69, 9.17) is 23.7 Å². The molecule has 204 valence electrons. The second kappa shape index (κ2) is 11.8. The molecule has 0 unspecified atom stereocenters. The summed E-state index contributed by atoms with van der Waals surface area (Å²) < 4.78 is 87.4. The van der Waals surface area contributed by atoms with Gasteiger partial charge in [0.2, 0.25) is 0 Å². The highest BCUT2D eigenvalue weighted by Crippen LogP contribution is 2.39. The molecular weight excluding hydrogens is 536 g/mol. The van der Waals surface area contributed by atoms with Crippen LogP contribution in [0.4, 0.5) is 0 Å². The molecule has 0 amide bonds. The predicted molar refractivity (Wildman–Crippen MR) is 143 cm³/mol. The summed E-state index contributed by atoms with van der Waals surface area (Å²) in [6.45, 7) is 0. The van der Waals surface area contributed by atoms with E-state index >= 15 is 0 Å². The summed E-state index contributed by atoms with van der Waals surface area (Å²) in [4.78, 5) is -0.490. The molecule has 0 fully saturated rings. The maximum Gasteiger partial charge on any atom is 0.295 e. The van der Waals surface area contributed by atoms with E-state index in [1.807, 2.05) is 0 Å². The highest BCUT2D eigenvalue weighted by atomic mass is 32.2. The zero-order valence-corrected chi connectivity index (χ0v) is 23.1. The first-order valence-corrected chi connectivity index (χ1v) is 14.2. The molecule has 12 heteroatoms. The van der Waals surface area contributed by atoms with Crippen molar-refractivity contribution in [3.63, 3.8) is 0 Å². The lowest BCUT2D eigenvalue weighted by molar-refractivity contribution is 0.374. The van der Waals surface area contributed by atoms with Crippen LogP contribution in [0.15, 0.2) is 58.8 Å². The Balaban J connectivity index is 2.10. The van der Waals surface area contributed by atoms with Gasteiger partial charge in [-0.15, -0.1) is 0 Å². The van der Waals surface area contributed by atoms with Crippen LogP contribution in [0, 0.1) is 0 Å². The summed E-state index contributed by atoms with van der Waals surface area (Å²) >= 11 is 0. The minimum absolute atomic E-state index is 0.0251. The van der Waals surface area contributed by atoms with Crippen LogP contribution < -0.4 is 23.7 Å². The fourth-order valence-corrected chi connectivity index (χ4v) is 5.67. The molecule has 0 atom stereocenters. The van der Waals surface area contributed by atoms with E-state index < -0.39 is 30.6 Å². The van der Waals surface area contributed by atoms with Gasteiger partial charge < -0.3 is 23.7 Å². The van der Waals surface area contributed by atoms with Crippen molar-refractivity contribution in [3.8, 4) is 39.9 Å². The highest BCUT2D eigenvalue weighted by molar-refractivity contribution is 7.93. The van der Waals surface area contributed by atoms with Crippen LogP contribution >= 0.6 is 0 Å². The topological polar surface area (TPSA) is 135 Å². The van der Waals surface area contributed by atoms with E-state index in [2.05, 4.69) is 0 Å². The molecule has 3 rings (SSSR count). The van der Waals surface area contributed by atoms with E-state index in [1.165, 1.54) is 47.7 Å². The van der Waals surface area contributed by atoms with Crippen molar-refractivity contribution in [3.05, 3.63) is 65.1 Å². The third-order valence-corrected chi connectivity index (χ3v) is 7.77. The van der Waals surface area contributed by atoms with Crippen LogP contribution in [0.5, 0.6) is 28.7 Å². The number of ether oxygens (including phenoxy) is 5. The lowest BCUT2D eigenvalue weighted by Gasteiger charge is -2.16. The first-order valence-electron chi connectivity index (χ1n) is 11.0. The van der Waals surface area contributed by atoms with Gasteiger partial charge in [0.05, 0.1) is 46.9 Å². The number of rotatable bonds is 11. The van der Waals surface area contributed by atoms with E-state index in [-0.39, 0.29) is 16.9 Å². The van der Waals surface area contributed by atoms with Gasteiger partial charge in [-0.05, 0) is 24.3 Å². The summed E-state index contributed by atoms with van der Waals surface area (Å²) in [6.07, 6.45) is 1.31. The molecule has 10 nitrogen and oxygen atoms in total. The Morgan fingerprint density at radius 2 is 1.29 bits per heavy atom. The van der Waals surface area contributed by atoms with Gasteiger partial charge in [-0.25, -0.2) is 8.42 Å². The van der Waals surface area contributed by atoms with E-state index in [0.29, 0.717) is 34.1 Å². The van der Waals surface area contributed by atoms with Crippen LogP contribution in [0.25, 0.3) is 17.2 Å². The quantitative estimate of drug-likeness (QED) is 0.337. The number of methoxy groups -OCH3 is 5. The van der Waals surface area contributed by atoms with Crippen molar-refractivity contribution >= 4 is 26.0 Å². The van der Waals surface area contributed by atoms with E-state index in [9.17, 15) is 21.4 Å². The lowest BCUT2D eigenvalue weighted by atomic mass is 10.0. The normalized spacial score (nSPS) is 11.8. The Morgan fingerprint density at radius 3 is 1.82 bits per heavy atom. The summed E-state index contributed by atoms with van der Waals surface area (Å²) in [7, 11) is -1.68. The van der Waals surface area contributed by atoms with E-state index in [0.717, 1.165) is 11.5 Å². The third kappa shape index (κ3) is 6.39. The molecule has 0 spiro atoms. The molecule has 0 saturated heterocycles. The summed E-state index contributed by atoms with van der Waals surface area (Å²) in [5, 5.41) is 0.959. The molecule has 1 N–H and O–H groups in total. The number of hydrogen-bond acceptors (Lipinski definition) is 9. The van der Waals surface area contributed by atoms with Crippen molar-refractivity contribution in [2.45, 2.75) is 10.6 Å². The number of para-hydroxylation sites is 1. The molecule has 0 aliphatic rings. The monoisotopic (exact) mass is 564 g/mol. The Bertz CT molecular complexity index is 1530. The molecule has 0 aliphatic carbocycles. The van der Waals surface area contributed by atoms with Gasteiger partial charge >= 0.3 is 0 Å². The second-order valence-electron chi connectivity index (χ2n) is 7.89. The Morgan fingerprint density at radius 1 is 0.711 bits per heavy atom. The van der Waals surface area contributed by atoms with Gasteiger partial charge in [0.1, 0.15) is 33.6 Å². The number of sulfone groups is 1. The molecule has 0 heterocycles. The third-order valence-electron chi connectivity index (χ3n) is 5.61. The minimum atomic E-state index is -4.76. The van der Waals surface area contributed by atoms with Gasteiger partial charge in [-0.3, -0.25) is 4.55 Å². The zero-order chi connectivity index (χ0) is 28.1. The summed E-state index contributed by atoms with van der Waals surface area (Å²) in [5.41, 5.74) is 0.841. The fourth-order valence-electron chi connectivity index (χ4n) is 3.83. The first kappa shape index (κ1) is 28.8. The van der Waals surface area contributed by atoms with Gasteiger partial charge in [-0.2, -0.15) is 8.42 Å². The molecule has 3 aromatic carbocycles. The summed E-state index contributed by atoms with van der Waals surface area (Å²) in [6, 6.07) is 12.2. The zero-order valence-electron chi connectivity index (χ0n) is 21.4. The fraction of sp³-hybridized carbons (Fsp3) is 0.231. The van der Waals surface area contributed by atoms with E-state index in [1.54, 1.807) is 36.4 Å². The van der Waals surface area contributed by atoms with Crippen LogP contribution in [0.1, 0.15) is 11.1 Å². The van der Waals surface area contributed by atoms with Gasteiger partial charge in [0.15, 0.2) is 9.84 Å². The van der Waals surface area contributed by atoms with Gasteiger partial charge in [-0.1, -0.05) is 18.2 Å². The maximum atomic E-state index is 13.1. The summed E-state index contributed by atoms with van der Waals surface area (Å²) in [5.74, 6) is 0.929. The maximum absolute atomic E-state index is 13.1. The number of hydrogen-bond donors (Lipinski definition) is 1. The van der Waals surface area contributed by atoms with Crippen molar-refractivity contribution in [2.75, 3.05) is 35.5 Å². The van der Waals surface area contributed by atoms with Crippen molar-refractivity contribution in [2.24, 2.45) is 0 Å². The average Bonchev–Trinajstić information content (AvgIpc) is 2.90. The Kier molecular flexibility index (Phi) is 8.92. The van der Waals surface area contributed by atoms with Crippen molar-refractivity contribution < 1.29 is 45.1 Å². The smallest absolute Gasteiger partial charge is 0.295 e. The van der Waals surface area contributed by atoms with Crippen molar-refractivity contribution in [1.82, 2.24) is 0 Å². The molecule has 3 aromatic rings. The predicted octanol–water partition coefficient (Wildman–Crippen LogP) is 4.23. The molecular formula is C26H28O10S2. The molecule has 0 radical (unpaired) electrons. The van der Waals surface area contributed by atoms with Crippen LogP contribution in [-0.4, -0.2) is 56.9 Å². The van der Waals surface area contributed by atoms with Crippen LogP contribution in [0.2, 0.25) is 0 Å². The molecule has 38 heavy (non-hydrogen) atoms. The average molecular weight is 565 g/mol. The Labute approximate surface area is 222 Å². The van der Waals surface area contributed by atoms with Crippen LogP contribution in [-0.2, 0) is 25.7 Å². The minimum Gasteiger partial charge on any atom is -0.496 e. The second-order valence-corrected chi connectivity index (χ2v) is 11.2. The lowest BCUT2D eigenvalue weighted by Crippen LogP contribution is -2.07. The molecule has 0 saturated carbocycles. The molecule has 0 aliphatic heterocycles. The van der Waals surface area contributed by atoms with Gasteiger partial charge in [0.25, 0.3) is 10.1 Å². The number of benzene rings is 3. The van der Waals surface area contributed by atoms with Crippen molar-refractivity contribution in [1.29, 1.82) is 0 Å². The Hall–Kier alpha value is -3.74. The standard InChI is InChI=1S/C26H28O10S2/c1-32-18-13-24(35-4)20(25(14-18)36-5)10-11-37(27,28)16-17-12-26(38(29,30)31)21(15-23(17)34-3)19-8-6-7-9-22(19)33-2/h6-15H,16H2,1-5H3,(H,29,30,31). The van der Waals surface area contributed by atoms with Gasteiger partial charge in [0, 0.05) is 34.2 Å². The van der Waals surface area contributed by atoms with Crippen LogP contribution in [0.3, 0.4) is 0 Å².